The lowest BCUT2D eigenvalue weighted by atomic mass is 10.1. The second kappa shape index (κ2) is 14.5. The first kappa shape index (κ1) is 25.7. The predicted octanol–water partition coefficient (Wildman–Crippen LogP) is 4.04. The number of carbonyl (C=O) groups is 2. The number of benzene rings is 1. The standard InChI is InChI=1S/C26H39N3O3/c1-4-6-18-28(21-24-14-10-17-27(24)3)26(31)22-29(19-11-20-32-5-2)25(30)16-15-23-12-8-7-9-13-23/h7-10,12-14,17H,4-6,11,15-16,18-22H2,1-3H3. The van der Waals surface area contributed by atoms with Gasteiger partial charge in [-0.1, -0.05) is 43.7 Å². The van der Waals surface area contributed by atoms with Crippen LogP contribution in [0.2, 0.25) is 0 Å². The molecule has 0 radical (unpaired) electrons. The first-order valence-corrected chi connectivity index (χ1v) is 11.8. The van der Waals surface area contributed by atoms with Crippen LogP contribution in [-0.4, -0.2) is 59.0 Å². The molecule has 0 aliphatic rings. The molecule has 0 unspecified atom stereocenters. The highest BCUT2D eigenvalue weighted by atomic mass is 16.5. The fourth-order valence-corrected chi connectivity index (χ4v) is 3.61. The van der Waals surface area contributed by atoms with Crippen LogP contribution in [0.5, 0.6) is 0 Å². The average molecular weight is 442 g/mol. The molecule has 0 bridgehead atoms. The van der Waals surface area contributed by atoms with Gasteiger partial charge in [-0.2, -0.15) is 0 Å². The molecule has 0 aliphatic heterocycles. The average Bonchev–Trinajstić information content (AvgIpc) is 3.21. The molecular formula is C26H39N3O3. The van der Waals surface area contributed by atoms with E-state index in [9.17, 15) is 9.59 Å². The summed E-state index contributed by atoms with van der Waals surface area (Å²) in [5.74, 6) is 0.0251. The zero-order valence-corrected chi connectivity index (χ0v) is 20.0. The van der Waals surface area contributed by atoms with E-state index < -0.39 is 0 Å². The minimum absolute atomic E-state index is 0.00382. The van der Waals surface area contributed by atoms with Crippen molar-refractivity contribution in [3.05, 3.63) is 59.9 Å². The van der Waals surface area contributed by atoms with Gasteiger partial charge in [0.1, 0.15) is 0 Å². The van der Waals surface area contributed by atoms with Crippen LogP contribution in [0.4, 0.5) is 0 Å². The van der Waals surface area contributed by atoms with Crippen molar-refractivity contribution in [1.29, 1.82) is 0 Å². The minimum Gasteiger partial charge on any atom is -0.382 e. The van der Waals surface area contributed by atoms with Gasteiger partial charge in [0, 0.05) is 51.7 Å². The summed E-state index contributed by atoms with van der Waals surface area (Å²) in [5.41, 5.74) is 2.22. The lowest BCUT2D eigenvalue weighted by Crippen LogP contribution is -2.44. The molecule has 1 aromatic carbocycles. The van der Waals surface area contributed by atoms with E-state index in [1.807, 2.05) is 72.1 Å². The molecule has 0 saturated carbocycles. The summed E-state index contributed by atoms with van der Waals surface area (Å²) in [6.45, 7) is 7.25. The van der Waals surface area contributed by atoms with Gasteiger partial charge in [-0.25, -0.2) is 0 Å². The van der Waals surface area contributed by atoms with Gasteiger partial charge >= 0.3 is 0 Å². The number of rotatable bonds is 15. The molecule has 2 aromatic rings. The Hall–Kier alpha value is -2.60. The highest BCUT2D eigenvalue weighted by Gasteiger charge is 2.21. The van der Waals surface area contributed by atoms with E-state index in [4.69, 9.17) is 4.74 Å². The summed E-state index contributed by atoms with van der Waals surface area (Å²) in [4.78, 5) is 29.9. The van der Waals surface area contributed by atoms with Crippen LogP contribution in [0, 0.1) is 0 Å². The Morgan fingerprint density at radius 2 is 1.69 bits per heavy atom. The number of carbonyl (C=O) groups excluding carboxylic acids is 2. The molecule has 0 N–H and O–H groups in total. The number of nitrogens with zero attached hydrogens (tertiary/aromatic N) is 3. The van der Waals surface area contributed by atoms with Gasteiger partial charge in [-0.3, -0.25) is 9.59 Å². The van der Waals surface area contributed by atoms with Gasteiger partial charge in [-0.05, 0) is 43.9 Å². The second-order valence-electron chi connectivity index (χ2n) is 8.13. The number of aromatic nitrogens is 1. The number of ether oxygens (including phenoxy) is 1. The van der Waals surface area contributed by atoms with E-state index in [0.29, 0.717) is 45.7 Å². The van der Waals surface area contributed by atoms with Crippen LogP contribution >= 0.6 is 0 Å². The molecule has 1 heterocycles. The maximum atomic E-state index is 13.3. The monoisotopic (exact) mass is 441 g/mol. The molecule has 1 aromatic heterocycles. The fraction of sp³-hybridized carbons (Fsp3) is 0.538. The van der Waals surface area contributed by atoms with Gasteiger partial charge in [0.05, 0.1) is 13.1 Å². The lowest BCUT2D eigenvalue weighted by molar-refractivity contribution is -0.141. The fourth-order valence-electron chi connectivity index (χ4n) is 3.61. The Morgan fingerprint density at radius 1 is 0.938 bits per heavy atom. The third-order valence-corrected chi connectivity index (χ3v) is 5.61. The molecule has 2 rings (SSSR count). The molecule has 0 saturated heterocycles. The van der Waals surface area contributed by atoms with Gasteiger partial charge in [0.15, 0.2) is 0 Å². The number of aryl methyl sites for hydroxylation is 2. The van der Waals surface area contributed by atoms with Crippen molar-refractivity contribution < 1.29 is 14.3 Å². The number of hydrogen-bond donors (Lipinski definition) is 0. The van der Waals surface area contributed by atoms with Gasteiger partial charge in [-0.15, -0.1) is 0 Å². The third-order valence-electron chi connectivity index (χ3n) is 5.61. The number of unbranched alkanes of at least 4 members (excludes halogenated alkanes) is 1. The molecule has 0 aliphatic carbocycles. The molecule has 176 valence electrons. The lowest BCUT2D eigenvalue weighted by Gasteiger charge is -2.28. The molecule has 0 spiro atoms. The van der Waals surface area contributed by atoms with E-state index in [0.717, 1.165) is 30.5 Å². The number of hydrogen-bond acceptors (Lipinski definition) is 3. The van der Waals surface area contributed by atoms with Crippen LogP contribution < -0.4 is 0 Å². The van der Waals surface area contributed by atoms with Gasteiger partial charge < -0.3 is 19.1 Å². The minimum atomic E-state index is 0.00382. The van der Waals surface area contributed by atoms with Crippen LogP contribution in [0.3, 0.4) is 0 Å². The molecule has 6 heteroatoms. The summed E-state index contributed by atoms with van der Waals surface area (Å²) >= 11 is 0. The van der Waals surface area contributed by atoms with E-state index >= 15 is 0 Å². The summed E-state index contributed by atoms with van der Waals surface area (Å²) in [7, 11) is 1.99. The second-order valence-corrected chi connectivity index (χ2v) is 8.13. The Morgan fingerprint density at radius 3 is 2.34 bits per heavy atom. The molecule has 0 atom stereocenters. The Kier molecular flexibility index (Phi) is 11.6. The summed E-state index contributed by atoms with van der Waals surface area (Å²) in [6.07, 6.45) is 5.76. The highest BCUT2D eigenvalue weighted by molar-refractivity contribution is 5.85. The zero-order valence-electron chi connectivity index (χ0n) is 20.0. The van der Waals surface area contributed by atoms with Gasteiger partial charge in [0.25, 0.3) is 0 Å². The van der Waals surface area contributed by atoms with Crippen molar-refractivity contribution in [3.63, 3.8) is 0 Å². The van der Waals surface area contributed by atoms with Crippen LogP contribution in [0.1, 0.15) is 50.8 Å². The first-order valence-electron chi connectivity index (χ1n) is 11.8. The molecule has 6 nitrogen and oxygen atoms in total. The van der Waals surface area contributed by atoms with E-state index in [1.54, 1.807) is 4.90 Å². The van der Waals surface area contributed by atoms with Crippen LogP contribution in [-0.2, 0) is 34.3 Å². The quantitative estimate of drug-likeness (QED) is 0.392. The van der Waals surface area contributed by atoms with Crippen molar-refractivity contribution in [3.8, 4) is 0 Å². The highest BCUT2D eigenvalue weighted by Crippen LogP contribution is 2.10. The topological polar surface area (TPSA) is 54.8 Å². The SMILES string of the molecule is CCCCN(Cc1cccn1C)C(=O)CN(CCCOCC)C(=O)CCc1ccccc1. The van der Waals surface area contributed by atoms with Crippen molar-refractivity contribution in [2.75, 3.05) is 32.8 Å². The van der Waals surface area contributed by atoms with E-state index in [2.05, 4.69) is 6.92 Å². The van der Waals surface area contributed by atoms with Crippen molar-refractivity contribution in [2.24, 2.45) is 7.05 Å². The van der Waals surface area contributed by atoms with E-state index in [-0.39, 0.29) is 18.4 Å². The van der Waals surface area contributed by atoms with Crippen LogP contribution in [0.15, 0.2) is 48.7 Å². The normalized spacial score (nSPS) is 10.8. The zero-order chi connectivity index (χ0) is 23.2. The van der Waals surface area contributed by atoms with Crippen LogP contribution in [0.25, 0.3) is 0 Å². The Balaban J connectivity index is 2.03. The maximum absolute atomic E-state index is 13.3. The predicted molar refractivity (Wildman–Crippen MR) is 128 cm³/mol. The Labute approximate surface area is 193 Å². The van der Waals surface area contributed by atoms with Crippen molar-refractivity contribution in [1.82, 2.24) is 14.4 Å². The smallest absolute Gasteiger partial charge is 0.242 e. The van der Waals surface area contributed by atoms with Crippen molar-refractivity contribution in [2.45, 2.75) is 52.5 Å². The third kappa shape index (κ3) is 8.87. The van der Waals surface area contributed by atoms with Gasteiger partial charge in [0.2, 0.25) is 11.8 Å². The van der Waals surface area contributed by atoms with E-state index in [1.165, 1.54) is 0 Å². The first-order chi connectivity index (χ1) is 15.5. The summed E-state index contributed by atoms with van der Waals surface area (Å²) in [5, 5.41) is 0. The van der Waals surface area contributed by atoms with Crippen molar-refractivity contribution >= 4 is 11.8 Å². The molecular weight excluding hydrogens is 402 g/mol. The summed E-state index contributed by atoms with van der Waals surface area (Å²) < 4.78 is 7.48. The largest absolute Gasteiger partial charge is 0.382 e. The molecule has 2 amide bonds. The molecule has 32 heavy (non-hydrogen) atoms. The summed E-state index contributed by atoms with van der Waals surface area (Å²) in [6, 6.07) is 14.0. The number of amides is 2. The maximum Gasteiger partial charge on any atom is 0.242 e. The molecule has 0 fully saturated rings. The Bertz CT molecular complexity index is 804.